The molecule has 4 heterocycles. The van der Waals surface area contributed by atoms with Gasteiger partial charge in [0.05, 0.1) is 12.1 Å². The topological polar surface area (TPSA) is 13.0 Å². The lowest BCUT2D eigenvalue weighted by atomic mass is 9.73. The molecule has 2 saturated heterocycles. The van der Waals surface area contributed by atoms with Gasteiger partial charge in [-0.15, -0.1) is 0 Å². The number of nitrogens with zero attached hydrogens (tertiary/aromatic N) is 4. The van der Waals surface area contributed by atoms with Crippen LogP contribution in [-0.4, -0.2) is 71.2 Å². The minimum atomic E-state index is 0.269. The Morgan fingerprint density at radius 3 is 1.29 bits per heavy atom. The second-order valence-electron chi connectivity index (χ2n) is 10.3. The summed E-state index contributed by atoms with van der Waals surface area (Å²) in [4.78, 5) is 5.20. The second-order valence-corrected chi connectivity index (χ2v) is 10.3. The van der Waals surface area contributed by atoms with Gasteiger partial charge in [-0.1, -0.05) is 55.4 Å². The van der Waals surface area contributed by atoms with E-state index in [2.05, 4.69) is 75.2 Å². The van der Waals surface area contributed by atoms with Gasteiger partial charge in [0.1, 0.15) is 0 Å². The van der Waals surface area contributed by atoms with E-state index in [0.717, 1.165) is 39.3 Å². The van der Waals surface area contributed by atoms with Gasteiger partial charge in [0.25, 0.3) is 0 Å². The van der Waals surface area contributed by atoms with Crippen molar-refractivity contribution in [1.82, 2.24) is 19.8 Å². The van der Waals surface area contributed by atoms with Crippen LogP contribution in [0.2, 0.25) is 0 Å². The minimum Gasteiger partial charge on any atom is -0.300 e. The van der Waals surface area contributed by atoms with E-state index in [9.17, 15) is 0 Å². The van der Waals surface area contributed by atoms with Gasteiger partial charge in [0.2, 0.25) is 0 Å². The Bertz CT molecular complexity index is 633. The van der Waals surface area contributed by atoms with E-state index in [-0.39, 0.29) is 10.8 Å². The maximum Gasteiger partial charge on any atom is 0.0647 e. The smallest absolute Gasteiger partial charge is 0.0647 e. The van der Waals surface area contributed by atoms with Gasteiger partial charge >= 0.3 is 0 Å². The molecule has 0 aromatic heterocycles. The lowest BCUT2D eigenvalue weighted by Gasteiger charge is -2.37. The highest BCUT2D eigenvalue weighted by atomic mass is 15.7. The first kappa shape index (κ1) is 20.3. The van der Waals surface area contributed by atoms with Gasteiger partial charge < -0.3 is 0 Å². The molecule has 4 nitrogen and oxygen atoms in total. The zero-order valence-electron chi connectivity index (χ0n) is 19.6. The molecule has 2 atom stereocenters. The first-order chi connectivity index (χ1) is 13.2. The van der Waals surface area contributed by atoms with Gasteiger partial charge in [-0.3, -0.25) is 19.8 Å². The van der Waals surface area contributed by atoms with Gasteiger partial charge in [0.15, 0.2) is 0 Å². The van der Waals surface area contributed by atoms with Crippen LogP contribution in [0.4, 0.5) is 0 Å². The van der Waals surface area contributed by atoms with Crippen LogP contribution in [0, 0.1) is 10.8 Å². The van der Waals surface area contributed by atoms with Crippen molar-refractivity contribution in [3.63, 3.8) is 0 Å². The summed E-state index contributed by atoms with van der Waals surface area (Å²) in [5.41, 5.74) is 7.30. The number of hydrogen-bond donors (Lipinski definition) is 0. The molecule has 4 aliphatic heterocycles. The Morgan fingerprint density at radius 2 is 1.00 bits per heavy atom. The highest BCUT2D eigenvalue weighted by Gasteiger charge is 2.64. The third-order valence-electron chi connectivity index (χ3n) is 8.62. The third-order valence-corrected chi connectivity index (χ3v) is 8.62. The minimum absolute atomic E-state index is 0.269. The molecule has 4 heteroatoms. The standard InChI is InChI=1S/C24H42N4/c1-9-25(10-2)15-17-19-13-22-24(7,8)18(16-26(11-3)12-4)20-14-21(23(17,5)6)27(19)28(20)22/h21-22H,9-16H2,1-8H3. The summed E-state index contributed by atoms with van der Waals surface area (Å²) in [6.45, 7) is 26.1. The molecule has 0 aromatic carbocycles. The zero-order valence-corrected chi connectivity index (χ0v) is 19.6. The van der Waals surface area contributed by atoms with E-state index in [1.165, 1.54) is 12.8 Å². The van der Waals surface area contributed by atoms with Crippen LogP contribution >= 0.6 is 0 Å². The van der Waals surface area contributed by atoms with Gasteiger partial charge in [0, 0.05) is 48.2 Å². The van der Waals surface area contributed by atoms with Gasteiger partial charge in [-0.05, 0) is 37.3 Å². The molecule has 2 unspecified atom stereocenters. The highest BCUT2D eigenvalue weighted by molar-refractivity contribution is 5.45. The molecular weight excluding hydrogens is 344 g/mol. The lowest BCUT2D eigenvalue weighted by Crippen LogP contribution is -2.43. The fourth-order valence-electron chi connectivity index (χ4n) is 6.39. The molecule has 4 aliphatic rings. The number of hydrazine groups is 1. The van der Waals surface area contributed by atoms with E-state index in [4.69, 9.17) is 0 Å². The predicted octanol–water partition coefficient (Wildman–Crippen LogP) is 4.32. The molecule has 0 amide bonds. The van der Waals surface area contributed by atoms with Crippen molar-refractivity contribution in [2.45, 2.75) is 80.3 Å². The molecule has 28 heavy (non-hydrogen) atoms. The van der Waals surface area contributed by atoms with Crippen molar-refractivity contribution >= 4 is 0 Å². The van der Waals surface area contributed by atoms with Crippen LogP contribution in [0.5, 0.6) is 0 Å². The number of hydrogen-bond acceptors (Lipinski definition) is 4. The Hall–Kier alpha value is -1.00. The van der Waals surface area contributed by atoms with Crippen molar-refractivity contribution < 1.29 is 0 Å². The Kier molecular flexibility index (Phi) is 4.90. The van der Waals surface area contributed by atoms with E-state index in [0.29, 0.717) is 12.1 Å². The molecule has 2 fully saturated rings. The fraction of sp³-hybridized carbons (Fsp3) is 0.833. The summed E-state index contributed by atoms with van der Waals surface area (Å²) >= 11 is 0. The maximum atomic E-state index is 2.76. The van der Waals surface area contributed by atoms with Crippen LogP contribution in [0.1, 0.15) is 68.2 Å². The van der Waals surface area contributed by atoms with Gasteiger partial charge in [-0.2, -0.15) is 0 Å². The van der Waals surface area contributed by atoms with Gasteiger partial charge in [-0.25, -0.2) is 0 Å². The normalized spacial score (nSPS) is 29.4. The monoisotopic (exact) mass is 386 g/mol. The highest BCUT2D eigenvalue weighted by Crippen LogP contribution is 2.64. The van der Waals surface area contributed by atoms with Crippen LogP contribution in [0.25, 0.3) is 0 Å². The zero-order chi connectivity index (χ0) is 20.4. The van der Waals surface area contributed by atoms with E-state index >= 15 is 0 Å². The van der Waals surface area contributed by atoms with Crippen LogP contribution in [0.15, 0.2) is 22.5 Å². The average molecular weight is 387 g/mol. The summed E-state index contributed by atoms with van der Waals surface area (Å²) in [6, 6.07) is 1.24. The molecule has 0 aromatic rings. The Balaban J connectivity index is 1.73. The summed E-state index contributed by atoms with van der Waals surface area (Å²) in [6.07, 6.45) is 2.46. The van der Waals surface area contributed by atoms with Crippen molar-refractivity contribution in [3.05, 3.63) is 22.5 Å². The number of likely N-dealkylation sites (N-methyl/N-ethyl adjacent to an activating group) is 2. The first-order valence-electron chi connectivity index (χ1n) is 11.7. The van der Waals surface area contributed by atoms with E-state index in [1.54, 1.807) is 22.5 Å². The lowest BCUT2D eigenvalue weighted by molar-refractivity contribution is 0.0332. The Labute approximate surface area is 173 Å². The fourth-order valence-corrected chi connectivity index (χ4v) is 6.39. The van der Waals surface area contributed by atoms with Crippen LogP contribution in [-0.2, 0) is 0 Å². The van der Waals surface area contributed by atoms with Crippen LogP contribution in [0.3, 0.4) is 0 Å². The van der Waals surface area contributed by atoms with E-state index in [1.807, 2.05) is 0 Å². The summed E-state index contributed by atoms with van der Waals surface area (Å²) < 4.78 is 0. The summed E-state index contributed by atoms with van der Waals surface area (Å²) in [5.74, 6) is 0. The molecular formula is C24H42N4. The van der Waals surface area contributed by atoms with Crippen LogP contribution < -0.4 is 0 Å². The molecule has 0 aliphatic carbocycles. The number of rotatable bonds is 8. The molecule has 0 N–H and O–H groups in total. The molecule has 158 valence electrons. The summed E-state index contributed by atoms with van der Waals surface area (Å²) in [5, 5.41) is 5.52. The quantitative estimate of drug-likeness (QED) is 0.616. The molecule has 4 rings (SSSR count). The Morgan fingerprint density at radius 1 is 0.679 bits per heavy atom. The first-order valence-corrected chi connectivity index (χ1v) is 11.7. The van der Waals surface area contributed by atoms with Crippen molar-refractivity contribution in [3.8, 4) is 0 Å². The molecule has 0 bridgehead atoms. The second kappa shape index (κ2) is 6.77. The predicted molar refractivity (Wildman–Crippen MR) is 118 cm³/mol. The average Bonchev–Trinajstić information content (AvgIpc) is 3.32. The SMILES string of the molecule is CCN(CC)CC1=C2CC3N4C(=C(CN(CC)CC)C3(C)C)CC(N24)C1(C)C. The molecule has 0 saturated carbocycles. The van der Waals surface area contributed by atoms with E-state index < -0.39 is 0 Å². The van der Waals surface area contributed by atoms with Crippen molar-refractivity contribution in [2.75, 3.05) is 39.3 Å². The molecule has 0 spiro atoms. The largest absolute Gasteiger partial charge is 0.300 e. The van der Waals surface area contributed by atoms with Crippen molar-refractivity contribution in [2.24, 2.45) is 10.8 Å². The molecule has 0 radical (unpaired) electrons. The van der Waals surface area contributed by atoms with Crippen molar-refractivity contribution in [1.29, 1.82) is 0 Å². The summed E-state index contributed by atoms with van der Waals surface area (Å²) in [7, 11) is 0. The third kappa shape index (κ3) is 2.56. The maximum absolute atomic E-state index is 2.76.